The first-order chi connectivity index (χ1) is 12.1. The van der Waals surface area contributed by atoms with Crippen molar-refractivity contribution in [1.82, 2.24) is 10.2 Å². The number of aromatic amines is 1. The minimum absolute atomic E-state index is 0.156. The van der Waals surface area contributed by atoms with Crippen molar-refractivity contribution >= 4 is 11.5 Å². The molecule has 0 aliphatic carbocycles. The minimum Gasteiger partial charge on any atom is -0.451 e. The van der Waals surface area contributed by atoms with Crippen LogP contribution in [0.5, 0.6) is 11.5 Å². The first kappa shape index (κ1) is 16.3. The van der Waals surface area contributed by atoms with Crippen LogP contribution in [0.2, 0.25) is 0 Å². The second kappa shape index (κ2) is 6.89. The molecule has 0 saturated carbocycles. The molecule has 0 aliphatic heterocycles. The number of aromatic nitrogens is 2. The van der Waals surface area contributed by atoms with Gasteiger partial charge in [0.05, 0.1) is 11.6 Å². The Labute approximate surface area is 144 Å². The van der Waals surface area contributed by atoms with Gasteiger partial charge in [-0.3, -0.25) is 4.79 Å². The number of nitriles is 1. The third-order valence-electron chi connectivity index (χ3n) is 3.68. The van der Waals surface area contributed by atoms with Crippen LogP contribution in [0.15, 0.2) is 53.3 Å². The fraction of sp³-hybridized carbons (Fsp3) is 0.105. The largest absolute Gasteiger partial charge is 0.451 e. The van der Waals surface area contributed by atoms with E-state index in [1.54, 1.807) is 30.3 Å². The number of hydrogen-bond acceptors (Lipinski definition) is 5. The normalized spacial score (nSPS) is 10.1. The highest BCUT2D eigenvalue weighted by molar-refractivity contribution is 5.58. The Balaban J connectivity index is 1.87. The lowest BCUT2D eigenvalue weighted by molar-refractivity contribution is 0.466. The number of nitrogens with one attached hydrogen (secondary N) is 2. The molecule has 0 radical (unpaired) electrons. The molecule has 1 heterocycles. The van der Waals surface area contributed by atoms with Crippen molar-refractivity contribution in [2.24, 2.45) is 0 Å². The van der Waals surface area contributed by atoms with E-state index in [1.165, 1.54) is 0 Å². The van der Waals surface area contributed by atoms with E-state index in [9.17, 15) is 4.79 Å². The average Bonchev–Trinajstić information content (AvgIpc) is 2.61. The molecule has 25 heavy (non-hydrogen) atoms. The van der Waals surface area contributed by atoms with Crippen molar-refractivity contribution in [2.45, 2.75) is 13.8 Å². The molecule has 0 unspecified atom stereocenters. The Bertz CT molecular complexity index is 981. The van der Waals surface area contributed by atoms with Crippen molar-refractivity contribution in [3.8, 4) is 17.6 Å². The predicted molar refractivity (Wildman–Crippen MR) is 95.3 cm³/mol. The predicted octanol–water partition coefficient (Wildman–Crippen LogP) is 3.79. The fourth-order valence-corrected chi connectivity index (χ4v) is 2.37. The lowest BCUT2D eigenvalue weighted by Crippen LogP contribution is -2.12. The van der Waals surface area contributed by atoms with E-state index < -0.39 is 5.56 Å². The molecule has 0 atom stereocenters. The van der Waals surface area contributed by atoms with Crippen molar-refractivity contribution in [1.29, 1.82) is 5.26 Å². The monoisotopic (exact) mass is 332 g/mol. The number of ether oxygens (including phenoxy) is 1. The molecule has 3 rings (SSSR count). The summed E-state index contributed by atoms with van der Waals surface area (Å²) in [6, 6.07) is 16.3. The SMILES string of the molecule is Cc1cccc(C)c1Oc1cc(Nc2ccc(C#N)cc2)n[nH]c1=O. The number of rotatable bonds is 4. The lowest BCUT2D eigenvalue weighted by Gasteiger charge is -2.12. The number of benzene rings is 2. The van der Waals surface area contributed by atoms with Gasteiger partial charge in [0, 0.05) is 11.8 Å². The molecule has 0 aliphatic rings. The molecule has 2 aromatic carbocycles. The van der Waals surface area contributed by atoms with Gasteiger partial charge >= 0.3 is 5.56 Å². The zero-order valence-electron chi connectivity index (χ0n) is 13.8. The van der Waals surface area contributed by atoms with Gasteiger partial charge < -0.3 is 10.1 Å². The number of H-pyrrole nitrogens is 1. The summed E-state index contributed by atoms with van der Waals surface area (Å²) in [4.78, 5) is 12.0. The van der Waals surface area contributed by atoms with Gasteiger partial charge in [-0.1, -0.05) is 18.2 Å². The van der Waals surface area contributed by atoms with Gasteiger partial charge in [-0.25, -0.2) is 5.10 Å². The summed E-state index contributed by atoms with van der Waals surface area (Å²) in [7, 11) is 0. The second-order valence-electron chi connectivity index (χ2n) is 5.58. The Morgan fingerprint density at radius 3 is 2.44 bits per heavy atom. The van der Waals surface area contributed by atoms with Crippen molar-refractivity contribution in [3.05, 3.63) is 75.6 Å². The molecule has 3 aromatic rings. The molecule has 1 aromatic heterocycles. The molecule has 0 amide bonds. The first-order valence-electron chi connectivity index (χ1n) is 7.68. The van der Waals surface area contributed by atoms with Crippen LogP contribution in [0.25, 0.3) is 0 Å². The smallest absolute Gasteiger partial charge is 0.307 e. The van der Waals surface area contributed by atoms with Crippen LogP contribution < -0.4 is 15.6 Å². The lowest BCUT2D eigenvalue weighted by atomic mass is 10.1. The summed E-state index contributed by atoms with van der Waals surface area (Å²) < 4.78 is 5.82. The number of nitrogens with zero attached hydrogens (tertiary/aromatic N) is 2. The first-order valence-corrected chi connectivity index (χ1v) is 7.68. The highest BCUT2D eigenvalue weighted by Gasteiger charge is 2.10. The number of anilines is 2. The summed E-state index contributed by atoms with van der Waals surface area (Å²) in [5, 5.41) is 18.3. The Morgan fingerprint density at radius 2 is 1.80 bits per heavy atom. The summed E-state index contributed by atoms with van der Waals surface area (Å²) >= 11 is 0. The maximum atomic E-state index is 12.0. The third kappa shape index (κ3) is 3.67. The Hall–Kier alpha value is -3.59. The van der Waals surface area contributed by atoms with Crippen LogP contribution in [0.3, 0.4) is 0 Å². The van der Waals surface area contributed by atoms with Crippen LogP contribution >= 0.6 is 0 Å². The maximum absolute atomic E-state index is 12.0. The summed E-state index contributed by atoms with van der Waals surface area (Å²) in [5.41, 5.74) is 2.79. The number of hydrogen-bond donors (Lipinski definition) is 2. The Kier molecular flexibility index (Phi) is 4.48. The highest BCUT2D eigenvalue weighted by Crippen LogP contribution is 2.27. The van der Waals surface area contributed by atoms with Crippen molar-refractivity contribution < 1.29 is 4.74 Å². The number of para-hydroxylation sites is 1. The van der Waals surface area contributed by atoms with Crippen LogP contribution in [-0.2, 0) is 0 Å². The molecule has 6 heteroatoms. The van der Waals surface area contributed by atoms with Gasteiger partial charge in [0.25, 0.3) is 0 Å². The fourth-order valence-electron chi connectivity index (χ4n) is 2.37. The topological polar surface area (TPSA) is 90.8 Å². The summed E-state index contributed by atoms with van der Waals surface area (Å²) in [6.07, 6.45) is 0. The van der Waals surface area contributed by atoms with E-state index in [0.29, 0.717) is 17.1 Å². The minimum atomic E-state index is -0.409. The van der Waals surface area contributed by atoms with E-state index in [1.807, 2.05) is 32.0 Å². The van der Waals surface area contributed by atoms with Crippen molar-refractivity contribution in [2.75, 3.05) is 5.32 Å². The van der Waals surface area contributed by atoms with E-state index >= 15 is 0 Å². The van der Waals surface area contributed by atoms with Crippen molar-refractivity contribution in [3.63, 3.8) is 0 Å². The molecule has 0 spiro atoms. The molecular formula is C19H16N4O2. The van der Waals surface area contributed by atoms with E-state index in [2.05, 4.69) is 21.6 Å². The molecule has 0 bridgehead atoms. The Morgan fingerprint density at radius 1 is 1.12 bits per heavy atom. The van der Waals surface area contributed by atoms with Gasteiger partial charge in [0.2, 0.25) is 0 Å². The molecule has 0 saturated heterocycles. The average molecular weight is 332 g/mol. The maximum Gasteiger partial charge on any atom is 0.307 e. The van der Waals surface area contributed by atoms with Gasteiger partial charge in [0.15, 0.2) is 11.6 Å². The molecule has 124 valence electrons. The van der Waals surface area contributed by atoms with E-state index in [0.717, 1.165) is 16.8 Å². The summed E-state index contributed by atoms with van der Waals surface area (Å²) in [5.74, 6) is 1.25. The van der Waals surface area contributed by atoms with Crippen LogP contribution in [0.4, 0.5) is 11.5 Å². The van der Waals surface area contributed by atoms with Gasteiger partial charge in [-0.15, -0.1) is 0 Å². The quantitative estimate of drug-likeness (QED) is 0.758. The highest BCUT2D eigenvalue weighted by atomic mass is 16.5. The van der Waals surface area contributed by atoms with Crippen LogP contribution in [-0.4, -0.2) is 10.2 Å². The molecule has 2 N–H and O–H groups in total. The zero-order valence-corrected chi connectivity index (χ0v) is 13.8. The standard InChI is InChI=1S/C19H16N4O2/c1-12-4-3-5-13(2)18(12)25-16-10-17(22-23-19(16)24)21-15-8-6-14(11-20)7-9-15/h3-10H,1-2H3,(H,21,22)(H,23,24). The van der Waals surface area contributed by atoms with Gasteiger partial charge in [0.1, 0.15) is 5.75 Å². The second-order valence-corrected chi connectivity index (χ2v) is 5.58. The third-order valence-corrected chi connectivity index (χ3v) is 3.68. The summed E-state index contributed by atoms with van der Waals surface area (Å²) in [6.45, 7) is 3.85. The molecule has 6 nitrogen and oxygen atoms in total. The van der Waals surface area contributed by atoms with Crippen LogP contribution in [0.1, 0.15) is 16.7 Å². The van der Waals surface area contributed by atoms with Crippen LogP contribution in [0, 0.1) is 25.2 Å². The van der Waals surface area contributed by atoms with E-state index in [-0.39, 0.29) is 5.75 Å². The molecule has 0 fully saturated rings. The van der Waals surface area contributed by atoms with Gasteiger partial charge in [-0.05, 0) is 49.2 Å². The number of aryl methyl sites for hydroxylation is 2. The van der Waals surface area contributed by atoms with E-state index in [4.69, 9.17) is 10.00 Å². The van der Waals surface area contributed by atoms with Gasteiger partial charge in [-0.2, -0.15) is 10.4 Å². The zero-order chi connectivity index (χ0) is 17.8. The molecular weight excluding hydrogens is 316 g/mol.